The lowest BCUT2D eigenvalue weighted by Crippen LogP contribution is -2.01. The molecular formula is C17H13ClFN5. The second-order valence-corrected chi connectivity index (χ2v) is 6.01. The van der Waals surface area contributed by atoms with E-state index in [2.05, 4.69) is 15.1 Å². The monoisotopic (exact) mass is 341 g/mol. The maximum atomic E-state index is 14.0. The summed E-state index contributed by atoms with van der Waals surface area (Å²) in [5, 5.41) is 4.87. The molecule has 4 heterocycles. The van der Waals surface area contributed by atoms with Crippen molar-refractivity contribution in [3.05, 3.63) is 65.1 Å². The van der Waals surface area contributed by atoms with E-state index in [0.29, 0.717) is 27.7 Å². The van der Waals surface area contributed by atoms with Crippen LogP contribution in [-0.2, 0) is 0 Å². The molecule has 0 aromatic carbocycles. The van der Waals surface area contributed by atoms with Crippen molar-refractivity contribution >= 4 is 17.2 Å². The van der Waals surface area contributed by atoms with Crippen LogP contribution in [-0.4, -0.2) is 24.1 Å². The summed E-state index contributed by atoms with van der Waals surface area (Å²) in [5.74, 6) is 0.0115. The molecule has 0 saturated heterocycles. The second-order valence-electron chi connectivity index (χ2n) is 5.57. The van der Waals surface area contributed by atoms with Gasteiger partial charge < -0.3 is 0 Å². The highest BCUT2D eigenvalue weighted by Crippen LogP contribution is 2.25. The van der Waals surface area contributed by atoms with Crippen molar-refractivity contribution < 1.29 is 4.39 Å². The Hall–Kier alpha value is -2.73. The lowest BCUT2D eigenvalue weighted by atomic mass is 10.1. The molecule has 120 valence electrons. The molecule has 7 heteroatoms. The Morgan fingerprint density at radius 1 is 1.08 bits per heavy atom. The summed E-state index contributed by atoms with van der Waals surface area (Å²) in [5.41, 5.74) is 3.70. The van der Waals surface area contributed by atoms with Gasteiger partial charge in [-0.15, -0.1) is 5.10 Å². The van der Waals surface area contributed by atoms with Crippen LogP contribution in [0.1, 0.15) is 11.4 Å². The molecule has 0 bridgehead atoms. The molecule has 0 amide bonds. The number of aromatic nitrogens is 5. The van der Waals surface area contributed by atoms with Gasteiger partial charge >= 0.3 is 0 Å². The molecule has 4 aromatic heterocycles. The van der Waals surface area contributed by atoms with Crippen LogP contribution in [0.3, 0.4) is 0 Å². The van der Waals surface area contributed by atoms with Crippen molar-refractivity contribution in [2.75, 3.05) is 0 Å². The highest BCUT2D eigenvalue weighted by atomic mass is 35.5. The van der Waals surface area contributed by atoms with Crippen molar-refractivity contribution in [3.8, 4) is 17.1 Å². The molecule has 24 heavy (non-hydrogen) atoms. The van der Waals surface area contributed by atoms with E-state index in [1.165, 1.54) is 6.20 Å². The van der Waals surface area contributed by atoms with Gasteiger partial charge in [0.25, 0.3) is 5.95 Å². The molecule has 4 aromatic rings. The number of nitrogens with zero attached hydrogens (tertiary/aromatic N) is 5. The quantitative estimate of drug-likeness (QED) is 0.518. The predicted molar refractivity (Wildman–Crippen MR) is 90.0 cm³/mol. The first-order valence-corrected chi connectivity index (χ1v) is 7.74. The lowest BCUT2D eigenvalue weighted by Gasteiger charge is -2.03. The van der Waals surface area contributed by atoms with Gasteiger partial charge in [-0.05, 0) is 49.7 Å². The number of pyridine rings is 2. The Morgan fingerprint density at radius 2 is 1.83 bits per heavy atom. The Kier molecular flexibility index (Phi) is 3.35. The predicted octanol–water partition coefficient (Wildman–Crippen LogP) is 3.99. The average molecular weight is 342 g/mol. The van der Waals surface area contributed by atoms with E-state index in [1.54, 1.807) is 28.9 Å². The van der Waals surface area contributed by atoms with E-state index in [4.69, 9.17) is 11.6 Å². The number of halogens is 2. The molecule has 0 saturated carbocycles. The smallest absolute Gasteiger partial charge is 0.254 e. The van der Waals surface area contributed by atoms with Crippen LogP contribution < -0.4 is 0 Å². The summed E-state index contributed by atoms with van der Waals surface area (Å²) in [7, 11) is 0. The minimum absolute atomic E-state index is 0.336. The highest BCUT2D eigenvalue weighted by Gasteiger charge is 2.13. The molecule has 0 atom stereocenters. The molecule has 4 rings (SSSR count). The van der Waals surface area contributed by atoms with E-state index in [9.17, 15) is 4.39 Å². The summed E-state index contributed by atoms with van der Waals surface area (Å²) in [6.45, 7) is 3.99. The van der Waals surface area contributed by atoms with Crippen molar-refractivity contribution in [1.82, 2.24) is 24.1 Å². The molecular weight excluding hydrogens is 329 g/mol. The van der Waals surface area contributed by atoms with Crippen LogP contribution in [0.5, 0.6) is 0 Å². The zero-order valence-electron chi connectivity index (χ0n) is 13.0. The van der Waals surface area contributed by atoms with E-state index in [1.807, 2.05) is 30.5 Å². The van der Waals surface area contributed by atoms with Gasteiger partial charge in [-0.1, -0.05) is 11.6 Å². The van der Waals surface area contributed by atoms with E-state index < -0.39 is 5.95 Å². The molecule has 0 unspecified atom stereocenters. The Morgan fingerprint density at radius 3 is 2.58 bits per heavy atom. The first-order valence-electron chi connectivity index (χ1n) is 7.36. The van der Waals surface area contributed by atoms with Gasteiger partial charge in [0.2, 0.25) is 5.95 Å². The first-order chi connectivity index (χ1) is 11.5. The van der Waals surface area contributed by atoms with Gasteiger partial charge in [-0.25, -0.2) is 9.50 Å². The number of aryl methyl sites for hydroxylation is 2. The van der Waals surface area contributed by atoms with E-state index in [-0.39, 0.29) is 0 Å². The second kappa shape index (κ2) is 5.42. The third kappa shape index (κ3) is 2.35. The van der Waals surface area contributed by atoms with Gasteiger partial charge in [0.05, 0.1) is 5.02 Å². The molecule has 0 N–H and O–H groups in total. The molecule has 0 spiro atoms. The maximum absolute atomic E-state index is 14.0. The molecule has 0 radical (unpaired) electrons. The van der Waals surface area contributed by atoms with Crippen molar-refractivity contribution in [1.29, 1.82) is 0 Å². The number of rotatable bonds is 2. The standard InChI is InChI=1S/C17H13ClFN5/c1-10-3-4-11(2)24(10)17-21-15-7-12(5-6-23(15)22-17)14-8-13(18)9-20-16(14)19/h3-9H,1-2H3. The van der Waals surface area contributed by atoms with Crippen LogP contribution in [0.25, 0.3) is 22.7 Å². The van der Waals surface area contributed by atoms with Gasteiger partial charge in [0.15, 0.2) is 5.65 Å². The van der Waals surface area contributed by atoms with Crippen LogP contribution in [0.15, 0.2) is 42.7 Å². The summed E-state index contributed by atoms with van der Waals surface area (Å²) in [6.07, 6.45) is 3.03. The largest absolute Gasteiger partial charge is 0.286 e. The fourth-order valence-corrected chi connectivity index (χ4v) is 2.90. The van der Waals surface area contributed by atoms with Gasteiger partial charge in [0.1, 0.15) is 0 Å². The molecule has 5 nitrogen and oxygen atoms in total. The Bertz CT molecular complexity index is 1050. The zero-order chi connectivity index (χ0) is 16.8. The normalized spacial score (nSPS) is 11.3. The average Bonchev–Trinajstić information content (AvgIpc) is 3.11. The summed E-state index contributed by atoms with van der Waals surface area (Å²) < 4.78 is 17.6. The fraction of sp³-hybridized carbons (Fsp3) is 0.118. The summed E-state index contributed by atoms with van der Waals surface area (Å²) >= 11 is 5.93. The minimum Gasteiger partial charge on any atom is -0.286 e. The maximum Gasteiger partial charge on any atom is 0.254 e. The van der Waals surface area contributed by atoms with Crippen LogP contribution in [0, 0.1) is 19.8 Å². The molecule has 0 aliphatic rings. The molecule has 0 aliphatic carbocycles. The SMILES string of the molecule is Cc1ccc(C)n1-c1nc2cc(-c3cc(Cl)cnc3F)ccn2n1. The Labute approximate surface area is 142 Å². The van der Waals surface area contributed by atoms with Crippen LogP contribution >= 0.6 is 11.6 Å². The zero-order valence-corrected chi connectivity index (χ0v) is 13.8. The highest BCUT2D eigenvalue weighted by molar-refractivity contribution is 6.30. The van der Waals surface area contributed by atoms with Crippen molar-refractivity contribution in [2.24, 2.45) is 0 Å². The van der Waals surface area contributed by atoms with Crippen LogP contribution in [0.4, 0.5) is 4.39 Å². The molecule has 0 fully saturated rings. The summed E-state index contributed by atoms with van der Waals surface area (Å²) in [4.78, 5) is 8.21. The summed E-state index contributed by atoms with van der Waals surface area (Å²) in [6, 6.07) is 9.10. The third-order valence-electron chi connectivity index (χ3n) is 3.91. The third-order valence-corrected chi connectivity index (χ3v) is 4.12. The van der Waals surface area contributed by atoms with E-state index in [0.717, 1.165) is 11.4 Å². The number of hydrogen-bond donors (Lipinski definition) is 0. The van der Waals surface area contributed by atoms with Gasteiger partial charge in [-0.3, -0.25) is 4.57 Å². The fourth-order valence-electron chi connectivity index (χ4n) is 2.74. The Balaban J connectivity index is 1.86. The van der Waals surface area contributed by atoms with E-state index >= 15 is 0 Å². The topological polar surface area (TPSA) is 48.0 Å². The van der Waals surface area contributed by atoms with Crippen molar-refractivity contribution in [3.63, 3.8) is 0 Å². The van der Waals surface area contributed by atoms with Crippen molar-refractivity contribution in [2.45, 2.75) is 13.8 Å². The van der Waals surface area contributed by atoms with Gasteiger partial charge in [0, 0.05) is 29.3 Å². The van der Waals surface area contributed by atoms with Crippen LogP contribution in [0.2, 0.25) is 5.02 Å². The lowest BCUT2D eigenvalue weighted by molar-refractivity contribution is 0.587. The first kappa shape index (κ1) is 14.8. The molecule has 0 aliphatic heterocycles. The minimum atomic E-state index is -0.569. The number of fused-ring (bicyclic) bond motifs is 1. The number of hydrogen-bond acceptors (Lipinski definition) is 3. The van der Waals surface area contributed by atoms with Gasteiger partial charge in [-0.2, -0.15) is 9.37 Å².